The Morgan fingerprint density at radius 3 is 2.52 bits per heavy atom. The first-order valence-corrected chi connectivity index (χ1v) is 10.3. The predicted octanol–water partition coefficient (Wildman–Crippen LogP) is 6.10. The maximum Gasteiger partial charge on any atom is 0.266 e. The largest absolute Gasteiger partial charge is 0.487 e. The Morgan fingerprint density at radius 2 is 1.84 bits per heavy atom. The van der Waals surface area contributed by atoms with Gasteiger partial charge in [0.25, 0.3) is 5.91 Å². The molecule has 0 aromatic heterocycles. The van der Waals surface area contributed by atoms with Gasteiger partial charge in [-0.15, -0.1) is 0 Å². The van der Waals surface area contributed by atoms with Crippen LogP contribution in [0.25, 0.3) is 6.08 Å². The van der Waals surface area contributed by atoms with Crippen LogP contribution in [0.5, 0.6) is 5.75 Å². The summed E-state index contributed by atoms with van der Waals surface area (Å²) in [4.78, 5) is 12.4. The minimum atomic E-state index is -0.519. The van der Waals surface area contributed by atoms with Crippen LogP contribution in [0.2, 0.25) is 5.02 Å². The second kappa shape index (κ2) is 10.4. The Morgan fingerprint density at radius 1 is 1.10 bits per heavy atom. The number of nitriles is 2. The SMILES string of the molecule is N#C/C(=C\c1ccc(OCc2ccccc2C#N)c(Cl)c1)C(=O)Nc1ccc(Br)cc1. The van der Waals surface area contributed by atoms with E-state index in [9.17, 15) is 10.1 Å². The molecule has 0 aliphatic rings. The van der Waals surface area contributed by atoms with E-state index < -0.39 is 5.91 Å². The number of anilines is 1. The van der Waals surface area contributed by atoms with Crippen LogP contribution >= 0.6 is 27.5 Å². The number of hydrogen-bond acceptors (Lipinski definition) is 4. The van der Waals surface area contributed by atoms with Crippen LogP contribution in [0.1, 0.15) is 16.7 Å². The molecule has 7 heteroatoms. The second-order valence-electron chi connectivity index (χ2n) is 6.38. The molecule has 3 aromatic carbocycles. The van der Waals surface area contributed by atoms with Gasteiger partial charge in [0.2, 0.25) is 0 Å². The third-order valence-corrected chi connectivity index (χ3v) is 5.08. The van der Waals surface area contributed by atoms with Crippen LogP contribution in [-0.2, 0) is 11.4 Å². The summed E-state index contributed by atoms with van der Waals surface area (Å²) < 4.78 is 6.62. The van der Waals surface area contributed by atoms with Crippen LogP contribution < -0.4 is 10.1 Å². The molecule has 1 amide bonds. The second-order valence-corrected chi connectivity index (χ2v) is 7.70. The number of hydrogen-bond donors (Lipinski definition) is 1. The van der Waals surface area contributed by atoms with Crippen molar-refractivity contribution >= 4 is 45.2 Å². The van der Waals surface area contributed by atoms with Gasteiger partial charge in [0, 0.05) is 15.7 Å². The van der Waals surface area contributed by atoms with Crippen molar-refractivity contribution in [2.24, 2.45) is 0 Å². The molecule has 5 nitrogen and oxygen atoms in total. The summed E-state index contributed by atoms with van der Waals surface area (Å²) in [5, 5.41) is 21.6. The van der Waals surface area contributed by atoms with Gasteiger partial charge in [-0.25, -0.2) is 0 Å². The molecule has 1 N–H and O–H groups in total. The molecule has 3 rings (SSSR count). The fraction of sp³-hybridized carbons (Fsp3) is 0.0417. The average Bonchev–Trinajstić information content (AvgIpc) is 2.78. The van der Waals surface area contributed by atoms with Gasteiger partial charge >= 0.3 is 0 Å². The zero-order valence-electron chi connectivity index (χ0n) is 16.1. The quantitative estimate of drug-likeness (QED) is 0.333. The number of rotatable bonds is 6. The fourth-order valence-corrected chi connectivity index (χ4v) is 3.19. The van der Waals surface area contributed by atoms with Gasteiger partial charge < -0.3 is 10.1 Å². The monoisotopic (exact) mass is 491 g/mol. The predicted molar refractivity (Wildman–Crippen MR) is 123 cm³/mol. The Kier molecular flexibility index (Phi) is 7.45. The number of carbonyl (C=O) groups excluding carboxylic acids is 1. The van der Waals surface area contributed by atoms with Crippen molar-refractivity contribution in [1.29, 1.82) is 10.5 Å². The minimum Gasteiger partial charge on any atom is -0.487 e. The van der Waals surface area contributed by atoms with Gasteiger partial charge in [-0.05, 0) is 54.1 Å². The molecule has 0 atom stereocenters. The Balaban J connectivity index is 1.72. The summed E-state index contributed by atoms with van der Waals surface area (Å²) in [6, 6.07) is 23.2. The van der Waals surface area contributed by atoms with Gasteiger partial charge in [0.15, 0.2) is 0 Å². The van der Waals surface area contributed by atoms with Crippen LogP contribution in [-0.4, -0.2) is 5.91 Å². The summed E-state index contributed by atoms with van der Waals surface area (Å²) in [6.45, 7) is 0.192. The molecule has 0 fully saturated rings. The summed E-state index contributed by atoms with van der Waals surface area (Å²) in [6.07, 6.45) is 1.45. The topological polar surface area (TPSA) is 85.9 Å². The van der Waals surface area contributed by atoms with Crippen molar-refractivity contribution in [1.82, 2.24) is 0 Å². The highest BCUT2D eigenvalue weighted by molar-refractivity contribution is 9.10. The lowest BCUT2D eigenvalue weighted by molar-refractivity contribution is -0.112. The summed E-state index contributed by atoms with van der Waals surface area (Å²) in [7, 11) is 0. The molecule has 152 valence electrons. The van der Waals surface area contributed by atoms with Crippen LogP contribution in [0, 0.1) is 22.7 Å². The van der Waals surface area contributed by atoms with E-state index in [1.807, 2.05) is 18.2 Å². The molecule has 0 bridgehead atoms. The lowest BCUT2D eigenvalue weighted by Crippen LogP contribution is -2.13. The molecule has 0 saturated heterocycles. The number of carbonyl (C=O) groups is 1. The third-order valence-electron chi connectivity index (χ3n) is 4.26. The van der Waals surface area contributed by atoms with Crippen molar-refractivity contribution in [3.05, 3.63) is 98.5 Å². The van der Waals surface area contributed by atoms with E-state index in [-0.39, 0.29) is 12.2 Å². The van der Waals surface area contributed by atoms with E-state index >= 15 is 0 Å². The van der Waals surface area contributed by atoms with Gasteiger partial charge in [0.05, 0.1) is 16.7 Å². The molecule has 0 unspecified atom stereocenters. The zero-order chi connectivity index (χ0) is 22.2. The molecule has 3 aromatic rings. The van der Waals surface area contributed by atoms with Crippen molar-refractivity contribution < 1.29 is 9.53 Å². The molecule has 0 saturated carbocycles. The first kappa shape index (κ1) is 22.1. The highest BCUT2D eigenvalue weighted by Gasteiger charge is 2.11. The highest BCUT2D eigenvalue weighted by Crippen LogP contribution is 2.28. The van der Waals surface area contributed by atoms with Gasteiger partial charge in [0.1, 0.15) is 24.0 Å². The molecule has 0 heterocycles. The van der Waals surface area contributed by atoms with Gasteiger partial charge in [-0.3, -0.25) is 4.79 Å². The van der Waals surface area contributed by atoms with Crippen LogP contribution in [0.3, 0.4) is 0 Å². The minimum absolute atomic E-state index is 0.0596. The summed E-state index contributed by atoms with van der Waals surface area (Å²) in [5.41, 5.74) is 2.39. The Bertz CT molecular complexity index is 1220. The van der Waals surface area contributed by atoms with Gasteiger partial charge in [-0.1, -0.05) is 51.8 Å². The lowest BCUT2D eigenvalue weighted by Gasteiger charge is -2.10. The van der Waals surface area contributed by atoms with E-state index in [1.54, 1.807) is 54.6 Å². The van der Waals surface area contributed by atoms with E-state index in [0.29, 0.717) is 27.6 Å². The highest BCUT2D eigenvalue weighted by atomic mass is 79.9. The number of benzene rings is 3. The molecular formula is C24H15BrClN3O2. The van der Waals surface area contributed by atoms with Crippen LogP contribution in [0.4, 0.5) is 5.69 Å². The number of nitrogens with zero attached hydrogens (tertiary/aromatic N) is 2. The first-order chi connectivity index (χ1) is 15.0. The molecule has 31 heavy (non-hydrogen) atoms. The lowest BCUT2D eigenvalue weighted by atomic mass is 10.1. The Hall–Kier alpha value is -3.58. The van der Waals surface area contributed by atoms with Crippen molar-refractivity contribution in [2.45, 2.75) is 6.61 Å². The number of ether oxygens (including phenoxy) is 1. The fourth-order valence-electron chi connectivity index (χ4n) is 2.68. The van der Waals surface area contributed by atoms with Crippen molar-refractivity contribution in [3.8, 4) is 17.9 Å². The van der Waals surface area contributed by atoms with Crippen molar-refractivity contribution in [3.63, 3.8) is 0 Å². The molecular weight excluding hydrogens is 478 g/mol. The van der Waals surface area contributed by atoms with E-state index in [4.69, 9.17) is 21.6 Å². The summed E-state index contributed by atoms with van der Waals surface area (Å²) in [5.74, 6) is -0.0845. The standard InChI is InChI=1S/C24H15BrClN3O2/c25-20-6-8-21(9-7-20)29-24(30)19(14-28)11-16-5-10-23(22(26)12-16)31-15-18-4-2-1-3-17(18)13-27/h1-12H,15H2,(H,29,30)/b19-11+. The molecule has 0 spiro atoms. The van der Waals surface area contributed by atoms with Crippen molar-refractivity contribution in [2.75, 3.05) is 5.32 Å². The molecule has 0 aliphatic carbocycles. The number of nitrogens with one attached hydrogen (secondary N) is 1. The first-order valence-electron chi connectivity index (χ1n) is 9.09. The normalized spacial score (nSPS) is 10.6. The average molecular weight is 493 g/mol. The number of halogens is 2. The van der Waals surface area contributed by atoms with E-state index in [2.05, 4.69) is 27.3 Å². The number of amides is 1. The molecule has 0 radical (unpaired) electrons. The van der Waals surface area contributed by atoms with Gasteiger partial charge in [-0.2, -0.15) is 10.5 Å². The molecule has 0 aliphatic heterocycles. The van der Waals surface area contributed by atoms with Crippen LogP contribution in [0.15, 0.2) is 76.8 Å². The Labute approximate surface area is 193 Å². The summed E-state index contributed by atoms with van der Waals surface area (Å²) >= 11 is 9.64. The zero-order valence-corrected chi connectivity index (χ0v) is 18.4. The maximum absolute atomic E-state index is 12.4. The van der Waals surface area contributed by atoms with E-state index in [1.165, 1.54) is 6.08 Å². The smallest absolute Gasteiger partial charge is 0.266 e. The van der Waals surface area contributed by atoms with E-state index in [0.717, 1.165) is 10.0 Å². The third kappa shape index (κ3) is 5.96. The maximum atomic E-state index is 12.4.